The van der Waals surface area contributed by atoms with Crippen LogP contribution in [0.2, 0.25) is 0 Å². The van der Waals surface area contributed by atoms with Crippen molar-refractivity contribution in [2.45, 2.75) is 0 Å². The number of hydrogen-bond acceptors (Lipinski definition) is 1. The average molecular weight is 713 g/mol. The highest BCUT2D eigenvalue weighted by Crippen LogP contribution is 2.41. The van der Waals surface area contributed by atoms with E-state index in [9.17, 15) is 0 Å². The molecule has 0 saturated carbocycles. The maximum Gasteiger partial charge on any atom is 0.0547 e. The number of para-hydroxylation sites is 1. The first kappa shape index (κ1) is 32.0. The first-order chi connectivity index (χ1) is 27.8. The molecule has 1 heterocycles. The minimum Gasteiger partial charge on any atom is -0.310 e. The van der Waals surface area contributed by atoms with Crippen LogP contribution in [0.15, 0.2) is 218 Å². The van der Waals surface area contributed by atoms with Gasteiger partial charge in [-0.2, -0.15) is 0 Å². The first-order valence-electron chi connectivity index (χ1n) is 19.3. The van der Waals surface area contributed by atoms with Crippen molar-refractivity contribution < 1.29 is 0 Å². The van der Waals surface area contributed by atoms with Gasteiger partial charge in [-0.25, -0.2) is 0 Å². The number of nitrogens with zero attached hydrogens (tertiary/aromatic N) is 2. The molecule has 11 aromatic rings. The van der Waals surface area contributed by atoms with Gasteiger partial charge in [-0.1, -0.05) is 152 Å². The average Bonchev–Trinajstić information content (AvgIpc) is 3.63. The molecule has 2 heteroatoms. The number of aromatic nitrogens is 1. The molecule has 2 nitrogen and oxygen atoms in total. The Bertz CT molecular complexity index is 3140. The van der Waals surface area contributed by atoms with E-state index in [1.54, 1.807) is 0 Å². The monoisotopic (exact) mass is 712 g/mol. The maximum atomic E-state index is 2.43. The van der Waals surface area contributed by atoms with Crippen molar-refractivity contribution in [1.29, 1.82) is 0 Å². The number of hydrogen-bond donors (Lipinski definition) is 0. The Morgan fingerprint density at radius 2 is 0.768 bits per heavy atom. The fourth-order valence-electron chi connectivity index (χ4n) is 8.65. The summed E-state index contributed by atoms with van der Waals surface area (Å²) in [6, 6.07) is 79.3. The van der Waals surface area contributed by atoms with Crippen LogP contribution >= 0.6 is 0 Å². The van der Waals surface area contributed by atoms with Crippen LogP contribution in [0.1, 0.15) is 0 Å². The fraction of sp³-hybridized carbons (Fsp3) is 0. The lowest BCUT2D eigenvalue weighted by Crippen LogP contribution is -2.09. The summed E-state index contributed by atoms with van der Waals surface area (Å²) in [5.41, 5.74) is 11.7. The SMILES string of the molecule is c1ccc(N(c2ccc(-c3ccc(-n4c5ccc6ccccc6c5c5c6ccccc6ccc54)cc3)cc2)c2cccc(-c3ccc4ccccc4c3)c2)cc1. The van der Waals surface area contributed by atoms with Gasteiger partial charge >= 0.3 is 0 Å². The fourth-order valence-corrected chi connectivity index (χ4v) is 8.65. The molecular weight excluding hydrogens is 677 g/mol. The summed E-state index contributed by atoms with van der Waals surface area (Å²) in [5, 5.41) is 10.2. The smallest absolute Gasteiger partial charge is 0.0547 e. The van der Waals surface area contributed by atoms with Crippen LogP contribution in [0, 0.1) is 0 Å². The summed E-state index contributed by atoms with van der Waals surface area (Å²) in [4.78, 5) is 2.34. The second-order valence-electron chi connectivity index (χ2n) is 14.6. The molecule has 0 fully saturated rings. The van der Waals surface area contributed by atoms with E-state index in [2.05, 4.69) is 228 Å². The number of benzene rings is 10. The molecule has 11 rings (SSSR count). The first-order valence-corrected chi connectivity index (χ1v) is 19.3. The van der Waals surface area contributed by atoms with Crippen molar-refractivity contribution in [2.75, 3.05) is 4.90 Å². The predicted octanol–water partition coefficient (Wildman–Crippen LogP) is 15.0. The molecule has 56 heavy (non-hydrogen) atoms. The molecule has 0 N–H and O–H groups in total. The highest BCUT2D eigenvalue weighted by molar-refractivity contribution is 6.28. The largest absolute Gasteiger partial charge is 0.310 e. The molecule has 0 spiro atoms. The Kier molecular flexibility index (Phi) is 7.53. The Morgan fingerprint density at radius 3 is 1.43 bits per heavy atom. The summed E-state index contributed by atoms with van der Waals surface area (Å²) in [5.74, 6) is 0. The van der Waals surface area contributed by atoms with Gasteiger partial charge in [0.25, 0.3) is 0 Å². The highest BCUT2D eigenvalue weighted by atomic mass is 15.1. The van der Waals surface area contributed by atoms with Gasteiger partial charge < -0.3 is 9.47 Å². The van der Waals surface area contributed by atoms with Gasteiger partial charge in [-0.3, -0.25) is 0 Å². The van der Waals surface area contributed by atoms with Crippen molar-refractivity contribution >= 4 is 71.2 Å². The summed E-state index contributed by atoms with van der Waals surface area (Å²) < 4.78 is 2.43. The summed E-state index contributed by atoms with van der Waals surface area (Å²) >= 11 is 0. The topological polar surface area (TPSA) is 8.17 Å². The molecule has 0 aliphatic carbocycles. The summed E-state index contributed by atoms with van der Waals surface area (Å²) in [6.07, 6.45) is 0. The van der Waals surface area contributed by atoms with Crippen LogP contribution in [-0.2, 0) is 0 Å². The molecule has 0 unspecified atom stereocenters. The van der Waals surface area contributed by atoms with E-state index >= 15 is 0 Å². The van der Waals surface area contributed by atoms with E-state index < -0.39 is 0 Å². The number of rotatable bonds is 6. The van der Waals surface area contributed by atoms with Crippen LogP contribution in [0.25, 0.3) is 82.1 Å². The second kappa shape index (κ2) is 13.2. The molecule has 0 saturated heterocycles. The lowest BCUT2D eigenvalue weighted by molar-refractivity contribution is 1.18. The zero-order valence-corrected chi connectivity index (χ0v) is 30.7. The third kappa shape index (κ3) is 5.34. The van der Waals surface area contributed by atoms with Crippen molar-refractivity contribution in [2.24, 2.45) is 0 Å². The van der Waals surface area contributed by atoms with Crippen molar-refractivity contribution in [3.63, 3.8) is 0 Å². The normalized spacial score (nSPS) is 11.6. The Labute approximate surface area is 325 Å². The number of anilines is 3. The van der Waals surface area contributed by atoms with Gasteiger partial charge in [0.2, 0.25) is 0 Å². The third-order valence-electron chi connectivity index (χ3n) is 11.3. The Hall–Kier alpha value is -7.42. The lowest BCUT2D eigenvalue weighted by atomic mass is 10.00. The van der Waals surface area contributed by atoms with Gasteiger partial charge in [0.1, 0.15) is 0 Å². The van der Waals surface area contributed by atoms with Gasteiger partial charge in [0.15, 0.2) is 0 Å². The minimum absolute atomic E-state index is 1.11. The Morgan fingerprint density at radius 1 is 0.286 bits per heavy atom. The lowest BCUT2D eigenvalue weighted by Gasteiger charge is -2.26. The van der Waals surface area contributed by atoms with E-state index in [-0.39, 0.29) is 0 Å². The summed E-state index contributed by atoms with van der Waals surface area (Å²) in [6.45, 7) is 0. The van der Waals surface area contributed by atoms with Crippen LogP contribution in [0.3, 0.4) is 0 Å². The van der Waals surface area contributed by atoms with Crippen LogP contribution in [0.5, 0.6) is 0 Å². The predicted molar refractivity (Wildman–Crippen MR) is 239 cm³/mol. The van der Waals surface area contributed by atoms with E-state index in [1.807, 2.05) is 0 Å². The van der Waals surface area contributed by atoms with Crippen molar-refractivity contribution in [1.82, 2.24) is 4.57 Å². The molecule has 10 aromatic carbocycles. The molecule has 1 aromatic heterocycles. The zero-order chi connectivity index (χ0) is 37.0. The summed E-state index contributed by atoms with van der Waals surface area (Å²) in [7, 11) is 0. The molecule has 0 aliphatic rings. The maximum absolute atomic E-state index is 2.43. The quantitative estimate of drug-likeness (QED) is 0.167. The van der Waals surface area contributed by atoms with Crippen LogP contribution in [-0.4, -0.2) is 4.57 Å². The Balaban J connectivity index is 0.968. The standard InChI is InChI=1S/C54H36N2/c1-2-16-45(17-3-1)55(48-18-10-15-43(36-48)44-22-21-37-11-4-5-14-42(37)35-44)46-29-23-38(24-30-46)39-25-31-47(32-26-39)56-51-33-27-40-12-6-8-19-49(40)53(51)54-50-20-9-7-13-41(50)28-34-52(54)56/h1-36H. The molecule has 0 aliphatic heterocycles. The molecule has 0 radical (unpaired) electrons. The minimum atomic E-state index is 1.11. The molecule has 0 amide bonds. The molecular formula is C54H36N2. The van der Waals surface area contributed by atoms with E-state index in [0.29, 0.717) is 0 Å². The third-order valence-corrected chi connectivity index (χ3v) is 11.3. The van der Waals surface area contributed by atoms with Crippen LogP contribution < -0.4 is 4.90 Å². The molecule has 0 atom stereocenters. The second-order valence-corrected chi connectivity index (χ2v) is 14.6. The highest BCUT2D eigenvalue weighted by Gasteiger charge is 2.18. The van der Waals surface area contributed by atoms with Crippen molar-refractivity contribution in [3.05, 3.63) is 218 Å². The van der Waals surface area contributed by atoms with Crippen LogP contribution in [0.4, 0.5) is 17.1 Å². The van der Waals surface area contributed by atoms with Gasteiger partial charge in [-0.05, 0) is 121 Å². The molecule has 262 valence electrons. The van der Waals surface area contributed by atoms with E-state index in [4.69, 9.17) is 0 Å². The van der Waals surface area contributed by atoms with Gasteiger partial charge in [0, 0.05) is 33.5 Å². The zero-order valence-electron chi connectivity index (χ0n) is 30.7. The number of fused-ring (bicyclic) bond motifs is 8. The van der Waals surface area contributed by atoms with E-state index in [1.165, 1.54) is 76.4 Å². The van der Waals surface area contributed by atoms with Gasteiger partial charge in [-0.15, -0.1) is 0 Å². The van der Waals surface area contributed by atoms with Crippen molar-refractivity contribution in [3.8, 4) is 27.9 Å². The van der Waals surface area contributed by atoms with Gasteiger partial charge in [0.05, 0.1) is 11.0 Å². The molecule has 0 bridgehead atoms. The van der Waals surface area contributed by atoms with E-state index in [0.717, 1.165) is 22.7 Å².